The maximum Gasteiger partial charge on any atom is 0.351 e. The normalized spacial score (nSPS) is 12.3. The Hall–Kier alpha value is -1.52. The molecular weight excluding hydrogens is 232 g/mol. The number of carbonyl (C=O) groups is 1. The molecule has 0 aromatic carbocycles. The first-order chi connectivity index (χ1) is 8.52. The minimum Gasteiger partial charge on any atom is -0.466 e. The second kappa shape index (κ2) is 6.42. The number of nitrogens with zero attached hydrogens (tertiary/aromatic N) is 2. The van der Waals surface area contributed by atoms with E-state index in [2.05, 4.69) is 6.92 Å². The summed E-state index contributed by atoms with van der Waals surface area (Å²) < 4.78 is 8.35. The van der Waals surface area contributed by atoms with Gasteiger partial charge < -0.3 is 9.57 Å². The molecule has 0 bridgehead atoms. The third kappa shape index (κ3) is 3.03. The van der Waals surface area contributed by atoms with Crippen molar-refractivity contribution in [3.8, 4) is 0 Å². The molecule has 1 atom stereocenters. The van der Waals surface area contributed by atoms with Gasteiger partial charge in [0.1, 0.15) is 12.3 Å². The summed E-state index contributed by atoms with van der Waals surface area (Å²) in [5.41, 5.74) is 2.01. The van der Waals surface area contributed by atoms with Gasteiger partial charge >= 0.3 is 5.97 Å². The minimum atomic E-state index is -0.343. The number of esters is 1. The standard InChI is InChI=1S/C13H23N2O3/c1-6-7-8-18-15-9-14(10(2)11(15)3)12(4)13(16)17-5/h9,12H,6-8H2,1-5H3/q+1/t12-/m0/s1. The van der Waals surface area contributed by atoms with Crippen molar-refractivity contribution in [3.63, 3.8) is 0 Å². The summed E-state index contributed by atoms with van der Waals surface area (Å²) in [5.74, 6) is -0.256. The van der Waals surface area contributed by atoms with Crippen molar-refractivity contribution >= 4 is 5.97 Å². The van der Waals surface area contributed by atoms with E-state index in [0.29, 0.717) is 6.61 Å². The van der Waals surface area contributed by atoms with Crippen LogP contribution in [0.15, 0.2) is 6.33 Å². The van der Waals surface area contributed by atoms with Crippen LogP contribution in [-0.4, -0.2) is 24.4 Å². The molecule has 0 saturated carbocycles. The van der Waals surface area contributed by atoms with Crippen molar-refractivity contribution in [1.82, 2.24) is 4.73 Å². The van der Waals surface area contributed by atoms with E-state index in [1.807, 2.05) is 31.7 Å². The largest absolute Gasteiger partial charge is 0.466 e. The van der Waals surface area contributed by atoms with Crippen molar-refractivity contribution in [2.75, 3.05) is 13.7 Å². The predicted octanol–water partition coefficient (Wildman–Crippen LogP) is 1.36. The van der Waals surface area contributed by atoms with E-state index in [-0.39, 0.29) is 12.0 Å². The van der Waals surface area contributed by atoms with Gasteiger partial charge in [-0.05, 0) is 18.1 Å². The third-order valence-corrected chi connectivity index (χ3v) is 3.16. The second-order valence-corrected chi connectivity index (χ2v) is 4.41. The molecule has 0 radical (unpaired) electrons. The maximum atomic E-state index is 11.6. The molecule has 1 heterocycles. The highest BCUT2D eigenvalue weighted by Crippen LogP contribution is 2.06. The van der Waals surface area contributed by atoms with E-state index in [4.69, 9.17) is 9.57 Å². The molecule has 0 aliphatic carbocycles. The van der Waals surface area contributed by atoms with Crippen molar-refractivity contribution in [3.05, 3.63) is 17.7 Å². The Labute approximate surface area is 108 Å². The number of methoxy groups -OCH3 is 1. The minimum absolute atomic E-state index is 0.256. The average molecular weight is 255 g/mol. The Bertz CT molecular complexity index is 413. The average Bonchev–Trinajstić information content (AvgIpc) is 2.65. The summed E-state index contributed by atoms with van der Waals surface area (Å²) in [5, 5.41) is 0. The van der Waals surface area contributed by atoms with Gasteiger partial charge in [-0.3, -0.25) is 0 Å². The molecule has 0 saturated heterocycles. The van der Waals surface area contributed by atoms with Gasteiger partial charge in [0.2, 0.25) is 0 Å². The van der Waals surface area contributed by atoms with Crippen LogP contribution >= 0.6 is 0 Å². The van der Waals surface area contributed by atoms with Crippen LogP contribution in [0, 0.1) is 13.8 Å². The monoisotopic (exact) mass is 255 g/mol. The van der Waals surface area contributed by atoms with Gasteiger partial charge in [-0.25, -0.2) is 9.36 Å². The highest BCUT2D eigenvalue weighted by atomic mass is 16.7. The summed E-state index contributed by atoms with van der Waals surface area (Å²) in [6.45, 7) is 8.56. The van der Waals surface area contributed by atoms with Crippen molar-refractivity contribution < 1.29 is 18.9 Å². The molecule has 1 aromatic rings. The molecule has 0 N–H and O–H groups in total. The summed E-state index contributed by atoms with van der Waals surface area (Å²) in [7, 11) is 1.40. The Morgan fingerprint density at radius 3 is 2.72 bits per heavy atom. The number of ether oxygens (including phenoxy) is 1. The highest BCUT2D eigenvalue weighted by Gasteiger charge is 2.27. The van der Waals surface area contributed by atoms with Crippen LogP contribution in [0.2, 0.25) is 0 Å². The zero-order valence-corrected chi connectivity index (χ0v) is 11.9. The Morgan fingerprint density at radius 1 is 1.50 bits per heavy atom. The zero-order chi connectivity index (χ0) is 13.7. The Balaban J connectivity index is 2.88. The SMILES string of the molecule is CCCCOn1c[n+]([C@@H](C)C(=O)OC)c(C)c1C. The molecule has 0 aliphatic heterocycles. The number of aromatic nitrogens is 2. The van der Waals surface area contributed by atoms with Crippen LogP contribution in [0.25, 0.3) is 0 Å². The van der Waals surface area contributed by atoms with Crippen LogP contribution in [0.1, 0.15) is 44.1 Å². The van der Waals surface area contributed by atoms with Gasteiger partial charge in [0.15, 0.2) is 11.7 Å². The lowest BCUT2D eigenvalue weighted by molar-refractivity contribution is -0.713. The van der Waals surface area contributed by atoms with E-state index in [0.717, 1.165) is 24.2 Å². The number of carbonyl (C=O) groups excluding carboxylic acids is 1. The van der Waals surface area contributed by atoms with Gasteiger partial charge in [-0.2, -0.15) is 0 Å². The summed E-state index contributed by atoms with van der Waals surface area (Å²) >= 11 is 0. The Kier molecular flexibility index (Phi) is 5.19. The number of rotatable bonds is 6. The number of imidazole rings is 1. The smallest absolute Gasteiger partial charge is 0.351 e. The number of hydrogen-bond acceptors (Lipinski definition) is 3. The Morgan fingerprint density at radius 2 is 2.17 bits per heavy atom. The molecule has 18 heavy (non-hydrogen) atoms. The maximum absolute atomic E-state index is 11.6. The van der Waals surface area contributed by atoms with E-state index < -0.39 is 0 Å². The first-order valence-corrected chi connectivity index (χ1v) is 6.33. The molecule has 0 aliphatic rings. The molecule has 0 spiro atoms. The first-order valence-electron chi connectivity index (χ1n) is 6.33. The molecule has 0 fully saturated rings. The highest BCUT2D eigenvalue weighted by molar-refractivity contribution is 5.71. The molecule has 102 valence electrons. The van der Waals surface area contributed by atoms with Gasteiger partial charge in [0, 0.05) is 13.8 Å². The van der Waals surface area contributed by atoms with Crippen LogP contribution in [0.3, 0.4) is 0 Å². The van der Waals surface area contributed by atoms with Gasteiger partial charge in [-0.15, -0.1) is 0 Å². The fraction of sp³-hybridized carbons (Fsp3) is 0.692. The quantitative estimate of drug-likeness (QED) is 0.438. The summed E-state index contributed by atoms with van der Waals surface area (Å²) in [6.07, 6.45) is 3.92. The summed E-state index contributed by atoms with van der Waals surface area (Å²) in [4.78, 5) is 17.2. The van der Waals surface area contributed by atoms with Crippen molar-refractivity contribution in [2.24, 2.45) is 0 Å². The fourth-order valence-electron chi connectivity index (χ4n) is 1.74. The lowest BCUT2D eigenvalue weighted by Gasteiger charge is -2.06. The predicted molar refractivity (Wildman–Crippen MR) is 67.2 cm³/mol. The van der Waals surface area contributed by atoms with Crippen LogP contribution in [0.5, 0.6) is 0 Å². The van der Waals surface area contributed by atoms with E-state index >= 15 is 0 Å². The lowest BCUT2D eigenvalue weighted by Crippen LogP contribution is -2.43. The van der Waals surface area contributed by atoms with Crippen molar-refractivity contribution in [2.45, 2.75) is 46.6 Å². The van der Waals surface area contributed by atoms with Gasteiger partial charge in [0.25, 0.3) is 6.33 Å². The number of hydrogen-bond donors (Lipinski definition) is 0. The van der Waals surface area contributed by atoms with Gasteiger partial charge in [-0.1, -0.05) is 13.3 Å². The summed E-state index contributed by atoms with van der Waals surface area (Å²) in [6, 6.07) is -0.343. The van der Waals surface area contributed by atoms with Crippen LogP contribution < -0.4 is 9.40 Å². The van der Waals surface area contributed by atoms with Crippen LogP contribution in [-0.2, 0) is 9.53 Å². The topological polar surface area (TPSA) is 44.3 Å². The molecular formula is C13H23N2O3+. The molecule has 1 aromatic heterocycles. The second-order valence-electron chi connectivity index (χ2n) is 4.41. The third-order valence-electron chi connectivity index (χ3n) is 3.16. The van der Waals surface area contributed by atoms with E-state index in [9.17, 15) is 4.79 Å². The fourth-order valence-corrected chi connectivity index (χ4v) is 1.74. The zero-order valence-electron chi connectivity index (χ0n) is 11.9. The van der Waals surface area contributed by atoms with E-state index in [1.54, 1.807) is 4.73 Å². The first kappa shape index (κ1) is 14.5. The molecule has 1 rings (SSSR count). The molecule has 0 amide bonds. The number of unbranched alkanes of at least 4 members (excludes halogenated alkanes) is 1. The van der Waals surface area contributed by atoms with Crippen molar-refractivity contribution in [1.29, 1.82) is 0 Å². The molecule has 0 unspecified atom stereocenters. The lowest BCUT2D eigenvalue weighted by atomic mass is 10.3. The molecule has 5 nitrogen and oxygen atoms in total. The molecule has 5 heteroatoms. The van der Waals surface area contributed by atoms with Crippen LogP contribution in [0.4, 0.5) is 0 Å². The van der Waals surface area contributed by atoms with Gasteiger partial charge in [0.05, 0.1) is 7.11 Å². The van der Waals surface area contributed by atoms with E-state index in [1.165, 1.54) is 7.11 Å².